The van der Waals surface area contributed by atoms with Gasteiger partial charge in [-0.05, 0) is 38.9 Å². The van der Waals surface area contributed by atoms with Gasteiger partial charge in [-0.25, -0.2) is 0 Å². The maximum atomic E-state index is 5.59. The summed E-state index contributed by atoms with van der Waals surface area (Å²) >= 11 is 0. The summed E-state index contributed by atoms with van der Waals surface area (Å²) in [7, 11) is 2.20. The van der Waals surface area contributed by atoms with Crippen molar-refractivity contribution < 1.29 is 0 Å². The van der Waals surface area contributed by atoms with E-state index in [2.05, 4.69) is 18.9 Å². The van der Waals surface area contributed by atoms with Crippen molar-refractivity contribution in [3.05, 3.63) is 0 Å². The summed E-state index contributed by atoms with van der Waals surface area (Å²) in [6.45, 7) is 4.33. The molecule has 0 bridgehead atoms. The summed E-state index contributed by atoms with van der Waals surface area (Å²) < 4.78 is 0. The molecule has 1 aliphatic rings. The molecular formula is C8H18N2. The van der Waals surface area contributed by atoms with Gasteiger partial charge in [0.15, 0.2) is 0 Å². The fourth-order valence-electron chi connectivity index (χ4n) is 1.81. The van der Waals surface area contributed by atoms with Crippen molar-refractivity contribution in [1.29, 1.82) is 0 Å². The van der Waals surface area contributed by atoms with E-state index in [9.17, 15) is 0 Å². The first kappa shape index (κ1) is 8.02. The molecule has 1 saturated heterocycles. The quantitative estimate of drug-likeness (QED) is 0.614. The van der Waals surface area contributed by atoms with Crippen molar-refractivity contribution in [3.63, 3.8) is 0 Å². The molecule has 0 aromatic carbocycles. The largest absolute Gasteiger partial charge is 0.330 e. The minimum atomic E-state index is 0.674. The molecule has 0 amide bonds. The molecule has 10 heavy (non-hydrogen) atoms. The molecule has 2 N–H and O–H groups in total. The predicted octanol–water partition coefficient (Wildman–Crippen LogP) is 0.675. The lowest BCUT2D eigenvalue weighted by molar-refractivity contribution is 0.242. The first-order chi connectivity index (χ1) is 4.75. The van der Waals surface area contributed by atoms with Gasteiger partial charge in [0.25, 0.3) is 0 Å². The first-order valence-electron chi connectivity index (χ1n) is 4.16. The van der Waals surface area contributed by atoms with Gasteiger partial charge in [-0.3, -0.25) is 0 Å². The van der Waals surface area contributed by atoms with E-state index in [1.807, 2.05) is 0 Å². The molecule has 0 radical (unpaired) electrons. The first-order valence-corrected chi connectivity index (χ1v) is 4.16. The van der Waals surface area contributed by atoms with Crippen LogP contribution in [0.25, 0.3) is 0 Å². The maximum Gasteiger partial charge on any atom is 0.0130 e. The lowest BCUT2D eigenvalue weighted by Crippen LogP contribution is -2.34. The fraction of sp³-hybridized carbons (Fsp3) is 1.00. The smallest absolute Gasteiger partial charge is 0.0130 e. The van der Waals surface area contributed by atoms with Crippen molar-refractivity contribution in [2.75, 3.05) is 20.1 Å². The van der Waals surface area contributed by atoms with Crippen molar-refractivity contribution in [3.8, 4) is 0 Å². The molecule has 60 valence electrons. The van der Waals surface area contributed by atoms with E-state index in [1.54, 1.807) is 0 Å². The van der Waals surface area contributed by atoms with E-state index >= 15 is 0 Å². The number of nitrogens with zero attached hydrogens (tertiary/aromatic N) is 1. The topological polar surface area (TPSA) is 29.3 Å². The van der Waals surface area contributed by atoms with E-state index in [0.717, 1.165) is 12.6 Å². The molecule has 0 unspecified atom stereocenters. The Labute approximate surface area is 63.4 Å². The molecule has 0 saturated carbocycles. The van der Waals surface area contributed by atoms with Gasteiger partial charge in [-0.1, -0.05) is 6.92 Å². The van der Waals surface area contributed by atoms with Crippen LogP contribution in [-0.4, -0.2) is 31.1 Å². The minimum Gasteiger partial charge on any atom is -0.330 e. The molecule has 2 heteroatoms. The number of hydrogen-bond acceptors (Lipinski definition) is 2. The lowest BCUT2D eigenvalue weighted by atomic mass is 10.0. The zero-order chi connectivity index (χ0) is 7.56. The van der Waals surface area contributed by atoms with Crippen LogP contribution in [0.5, 0.6) is 0 Å². The highest BCUT2D eigenvalue weighted by Gasteiger charge is 2.24. The number of hydrogen-bond donors (Lipinski definition) is 1. The third-order valence-corrected chi connectivity index (χ3v) is 2.61. The van der Waals surface area contributed by atoms with Crippen LogP contribution < -0.4 is 5.73 Å². The zero-order valence-corrected chi connectivity index (χ0v) is 7.01. The molecule has 1 rings (SSSR count). The maximum absolute atomic E-state index is 5.59. The lowest BCUT2D eigenvalue weighted by Gasteiger charge is -2.24. The second-order valence-electron chi connectivity index (χ2n) is 3.40. The second kappa shape index (κ2) is 3.35. The average Bonchev–Trinajstić information content (AvgIpc) is 2.34. The van der Waals surface area contributed by atoms with Gasteiger partial charge in [0, 0.05) is 6.04 Å². The van der Waals surface area contributed by atoms with Gasteiger partial charge < -0.3 is 10.6 Å². The fourth-order valence-corrected chi connectivity index (χ4v) is 1.81. The number of rotatable bonds is 2. The highest BCUT2D eigenvalue weighted by Crippen LogP contribution is 2.20. The third-order valence-electron chi connectivity index (χ3n) is 2.61. The predicted molar refractivity (Wildman–Crippen MR) is 43.9 cm³/mol. The molecule has 1 aliphatic heterocycles. The molecule has 0 spiro atoms. The van der Waals surface area contributed by atoms with E-state index in [0.29, 0.717) is 5.92 Å². The van der Waals surface area contributed by atoms with Gasteiger partial charge in [0.1, 0.15) is 0 Å². The van der Waals surface area contributed by atoms with Crippen LogP contribution in [0, 0.1) is 5.92 Å². The van der Waals surface area contributed by atoms with Crippen LogP contribution in [0.15, 0.2) is 0 Å². The molecule has 1 heterocycles. The van der Waals surface area contributed by atoms with Gasteiger partial charge in [-0.15, -0.1) is 0 Å². The Balaban J connectivity index is 2.38. The Bertz CT molecular complexity index is 103. The summed E-state index contributed by atoms with van der Waals surface area (Å²) in [5.74, 6) is 0.674. The van der Waals surface area contributed by atoms with Crippen LogP contribution in [-0.2, 0) is 0 Å². The van der Waals surface area contributed by atoms with Crippen molar-refractivity contribution in [2.24, 2.45) is 11.7 Å². The molecule has 0 aromatic heterocycles. The van der Waals surface area contributed by atoms with E-state index in [-0.39, 0.29) is 0 Å². The highest BCUT2D eigenvalue weighted by atomic mass is 15.1. The van der Waals surface area contributed by atoms with Gasteiger partial charge in [-0.2, -0.15) is 0 Å². The van der Waals surface area contributed by atoms with Gasteiger partial charge in [0.05, 0.1) is 0 Å². The van der Waals surface area contributed by atoms with Crippen LogP contribution in [0.4, 0.5) is 0 Å². The Kier molecular flexibility index (Phi) is 2.69. The average molecular weight is 142 g/mol. The zero-order valence-electron chi connectivity index (χ0n) is 7.01. The van der Waals surface area contributed by atoms with Gasteiger partial charge in [0.2, 0.25) is 0 Å². The molecule has 0 aromatic rings. The summed E-state index contributed by atoms with van der Waals surface area (Å²) in [5.41, 5.74) is 5.59. The molecule has 2 nitrogen and oxygen atoms in total. The number of nitrogens with two attached hydrogens (primary N) is 1. The van der Waals surface area contributed by atoms with Crippen LogP contribution in [0.2, 0.25) is 0 Å². The van der Waals surface area contributed by atoms with E-state index in [4.69, 9.17) is 5.73 Å². The third kappa shape index (κ3) is 1.50. The monoisotopic (exact) mass is 142 g/mol. The Morgan fingerprint density at radius 2 is 2.40 bits per heavy atom. The van der Waals surface area contributed by atoms with Crippen LogP contribution in [0.3, 0.4) is 0 Å². The van der Waals surface area contributed by atoms with Crippen molar-refractivity contribution in [2.45, 2.75) is 25.8 Å². The SMILES string of the molecule is C[C@@H](CN)[C@H]1CCCN1C. The summed E-state index contributed by atoms with van der Waals surface area (Å²) in [6.07, 6.45) is 2.69. The van der Waals surface area contributed by atoms with E-state index in [1.165, 1.54) is 19.4 Å². The normalized spacial score (nSPS) is 30.9. The van der Waals surface area contributed by atoms with Crippen molar-refractivity contribution >= 4 is 0 Å². The molecular weight excluding hydrogens is 124 g/mol. The molecule has 0 aliphatic carbocycles. The summed E-state index contributed by atoms with van der Waals surface area (Å²) in [4.78, 5) is 2.43. The molecule has 2 atom stereocenters. The summed E-state index contributed by atoms with van der Waals surface area (Å²) in [5, 5.41) is 0. The standard InChI is InChI=1S/C8H18N2/c1-7(6-9)8-4-3-5-10(8)2/h7-8H,3-6,9H2,1-2H3/t7-,8+/m0/s1. The Morgan fingerprint density at radius 3 is 2.80 bits per heavy atom. The van der Waals surface area contributed by atoms with Crippen LogP contribution in [0.1, 0.15) is 19.8 Å². The highest BCUT2D eigenvalue weighted by molar-refractivity contribution is 4.80. The van der Waals surface area contributed by atoms with Crippen molar-refractivity contribution in [1.82, 2.24) is 4.90 Å². The Morgan fingerprint density at radius 1 is 1.70 bits per heavy atom. The number of likely N-dealkylation sites (tertiary alicyclic amines) is 1. The Hall–Kier alpha value is -0.0800. The van der Waals surface area contributed by atoms with Gasteiger partial charge >= 0.3 is 0 Å². The molecule has 1 fully saturated rings. The van der Waals surface area contributed by atoms with E-state index < -0.39 is 0 Å². The minimum absolute atomic E-state index is 0.674. The second-order valence-corrected chi connectivity index (χ2v) is 3.40. The van der Waals surface area contributed by atoms with Crippen LogP contribution >= 0.6 is 0 Å². The summed E-state index contributed by atoms with van der Waals surface area (Å²) in [6, 6.07) is 0.755.